The summed E-state index contributed by atoms with van der Waals surface area (Å²) in [6.07, 6.45) is 2.67. The maximum absolute atomic E-state index is 13.5. The Morgan fingerprint density at radius 1 is 1.37 bits per heavy atom. The van der Waals surface area contributed by atoms with Gasteiger partial charge in [0.2, 0.25) is 5.91 Å². The largest absolute Gasteiger partial charge is 0.480 e. The standard InChI is InChI=1S/C20H31N3O3S/c1-7-13-8-20(13)9-14(17(25)26)23(10-20)16(24)15(19(4,5)6)22-18-21-11(2)12(3)27-18/h13-15H,7-10H2,1-6H3,(H,21,22)(H,25,26)/t13-,14+,15-,20-/m1/s1. The molecule has 1 aromatic heterocycles. The quantitative estimate of drug-likeness (QED) is 0.797. The third kappa shape index (κ3) is 3.71. The van der Waals surface area contributed by atoms with Gasteiger partial charge in [-0.2, -0.15) is 0 Å². The Kier molecular flexibility index (Phi) is 5.04. The average Bonchev–Trinajstić information content (AvgIpc) is 2.92. The van der Waals surface area contributed by atoms with Crippen LogP contribution in [0, 0.1) is 30.6 Å². The molecule has 0 radical (unpaired) electrons. The van der Waals surface area contributed by atoms with Gasteiger partial charge in [0.15, 0.2) is 5.13 Å². The van der Waals surface area contributed by atoms with Crippen molar-refractivity contribution in [1.29, 1.82) is 0 Å². The predicted octanol–water partition coefficient (Wildman–Crippen LogP) is 3.69. The Morgan fingerprint density at radius 3 is 2.48 bits per heavy atom. The lowest BCUT2D eigenvalue weighted by Crippen LogP contribution is -2.52. The lowest BCUT2D eigenvalue weighted by Gasteiger charge is -2.34. The van der Waals surface area contributed by atoms with Crippen LogP contribution in [-0.4, -0.2) is 45.5 Å². The lowest BCUT2D eigenvalue weighted by atomic mass is 9.85. The molecule has 0 bridgehead atoms. The minimum atomic E-state index is -0.893. The molecule has 7 heteroatoms. The van der Waals surface area contributed by atoms with Crippen LogP contribution in [0.15, 0.2) is 0 Å². The average molecular weight is 394 g/mol. The fraction of sp³-hybridized carbons (Fsp3) is 0.750. The van der Waals surface area contributed by atoms with Crippen molar-refractivity contribution in [2.45, 2.75) is 72.9 Å². The number of aliphatic carboxylic acids is 1. The van der Waals surface area contributed by atoms with Gasteiger partial charge >= 0.3 is 5.97 Å². The summed E-state index contributed by atoms with van der Waals surface area (Å²) in [4.78, 5) is 32.6. The first kappa shape index (κ1) is 20.1. The molecule has 1 aromatic rings. The highest BCUT2D eigenvalue weighted by Gasteiger charge is 2.62. The van der Waals surface area contributed by atoms with E-state index in [0.29, 0.717) is 18.9 Å². The SMILES string of the molecule is CC[C@@H]1C[C@]12C[C@@H](C(=O)O)N(C(=O)[C@@H](Nc1nc(C)c(C)s1)C(C)(C)C)C2. The maximum Gasteiger partial charge on any atom is 0.326 e. The summed E-state index contributed by atoms with van der Waals surface area (Å²) in [6.45, 7) is 12.7. The molecule has 1 aliphatic carbocycles. The van der Waals surface area contributed by atoms with Gasteiger partial charge in [0.25, 0.3) is 0 Å². The van der Waals surface area contributed by atoms with Crippen LogP contribution in [0.25, 0.3) is 0 Å². The fourth-order valence-electron chi connectivity index (χ4n) is 4.39. The third-order valence-corrected chi connectivity index (χ3v) is 7.29. The van der Waals surface area contributed by atoms with Crippen LogP contribution >= 0.6 is 11.3 Å². The van der Waals surface area contributed by atoms with Gasteiger partial charge in [0.1, 0.15) is 12.1 Å². The van der Waals surface area contributed by atoms with Gasteiger partial charge in [-0.3, -0.25) is 4.79 Å². The molecule has 0 aromatic carbocycles. The van der Waals surface area contributed by atoms with E-state index in [1.807, 2.05) is 34.6 Å². The summed E-state index contributed by atoms with van der Waals surface area (Å²) < 4.78 is 0. The molecule has 4 atom stereocenters. The van der Waals surface area contributed by atoms with E-state index in [1.54, 1.807) is 4.90 Å². The van der Waals surface area contributed by atoms with Crippen molar-refractivity contribution in [3.05, 3.63) is 10.6 Å². The first-order chi connectivity index (χ1) is 12.5. The van der Waals surface area contributed by atoms with Crippen LogP contribution in [0.3, 0.4) is 0 Å². The molecule has 2 fully saturated rings. The molecule has 1 amide bonds. The molecular formula is C20H31N3O3S. The van der Waals surface area contributed by atoms with Gasteiger partial charge in [-0.1, -0.05) is 34.1 Å². The van der Waals surface area contributed by atoms with Crippen LogP contribution < -0.4 is 5.32 Å². The van der Waals surface area contributed by atoms with Crippen molar-refractivity contribution in [1.82, 2.24) is 9.88 Å². The summed E-state index contributed by atoms with van der Waals surface area (Å²) in [7, 11) is 0. The Bertz CT molecular complexity index is 735. The summed E-state index contributed by atoms with van der Waals surface area (Å²) in [5, 5.41) is 13.8. The molecule has 2 heterocycles. The second kappa shape index (κ2) is 6.76. The molecule has 1 saturated carbocycles. The molecule has 2 aliphatic rings. The first-order valence-corrected chi connectivity index (χ1v) is 10.5. The van der Waals surface area contributed by atoms with Crippen molar-refractivity contribution in [2.24, 2.45) is 16.7 Å². The number of likely N-dealkylation sites (tertiary alicyclic amines) is 1. The second-order valence-corrected chi connectivity index (χ2v) is 10.5. The van der Waals surface area contributed by atoms with E-state index in [0.717, 1.165) is 28.5 Å². The van der Waals surface area contributed by atoms with Gasteiger partial charge in [-0.15, -0.1) is 11.3 Å². The zero-order chi connectivity index (χ0) is 20.1. The van der Waals surface area contributed by atoms with E-state index in [9.17, 15) is 14.7 Å². The van der Waals surface area contributed by atoms with Gasteiger partial charge in [0, 0.05) is 11.4 Å². The van der Waals surface area contributed by atoms with E-state index in [2.05, 4.69) is 17.2 Å². The number of aryl methyl sites for hydroxylation is 2. The Labute approximate surface area is 165 Å². The summed E-state index contributed by atoms with van der Waals surface area (Å²) in [6, 6.07) is -1.24. The number of hydrogen-bond acceptors (Lipinski definition) is 5. The molecule has 27 heavy (non-hydrogen) atoms. The molecule has 1 aliphatic heterocycles. The highest BCUT2D eigenvalue weighted by Crippen LogP contribution is 2.61. The predicted molar refractivity (Wildman–Crippen MR) is 107 cm³/mol. The van der Waals surface area contributed by atoms with Crippen molar-refractivity contribution >= 4 is 28.3 Å². The van der Waals surface area contributed by atoms with Crippen LogP contribution in [-0.2, 0) is 9.59 Å². The van der Waals surface area contributed by atoms with Crippen LogP contribution in [0.4, 0.5) is 5.13 Å². The number of carboxylic acids is 1. The molecule has 3 rings (SSSR count). The van der Waals surface area contributed by atoms with Crippen molar-refractivity contribution < 1.29 is 14.7 Å². The van der Waals surface area contributed by atoms with Gasteiger partial charge in [0.05, 0.1) is 5.69 Å². The third-order valence-electron chi connectivity index (χ3n) is 6.29. The normalized spacial score (nSPS) is 28.4. The smallest absolute Gasteiger partial charge is 0.326 e. The number of carboxylic acid groups (broad SMARTS) is 1. The molecule has 150 valence electrons. The minimum Gasteiger partial charge on any atom is -0.480 e. The summed E-state index contributed by atoms with van der Waals surface area (Å²) in [5.74, 6) is -0.475. The van der Waals surface area contributed by atoms with E-state index >= 15 is 0 Å². The molecule has 1 saturated heterocycles. The Morgan fingerprint density at radius 2 is 2.04 bits per heavy atom. The molecular weight excluding hydrogens is 362 g/mol. The molecule has 0 unspecified atom stereocenters. The number of hydrogen-bond donors (Lipinski definition) is 2. The van der Waals surface area contributed by atoms with Crippen molar-refractivity contribution in [3.63, 3.8) is 0 Å². The highest BCUT2D eigenvalue weighted by molar-refractivity contribution is 7.15. The number of nitrogens with one attached hydrogen (secondary N) is 1. The van der Waals surface area contributed by atoms with Crippen LogP contribution in [0.5, 0.6) is 0 Å². The first-order valence-electron chi connectivity index (χ1n) is 9.72. The van der Waals surface area contributed by atoms with Crippen LogP contribution in [0.1, 0.15) is 57.5 Å². The van der Waals surface area contributed by atoms with Crippen LogP contribution in [0.2, 0.25) is 0 Å². The summed E-state index contributed by atoms with van der Waals surface area (Å²) in [5.41, 5.74) is 0.608. The van der Waals surface area contributed by atoms with Crippen molar-refractivity contribution in [3.8, 4) is 0 Å². The van der Waals surface area contributed by atoms with E-state index in [4.69, 9.17) is 0 Å². The number of anilines is 1. The molecule has 2 N–H and O–H groups in total. The lowest BCUT2D eigenvalue weighted by molar-refractivity contribution is -0.149. The van der Waals surface area contributed by atoms with E-state index in [1.165, 1.54) is 11.3 Å². The summed E-state index contributed by atoms with van der Waals surface area (Å²) >= 11 is 1.53. The number of carbonyl (C=O) groups is 2. The molecule has 6 nitrogen and oxygen atoms in total. The molecule has 1 spiro atoms. The monoisotopic (exact) mass is 393 g/mol. The zero-order valence-corrected chi connectivity index (χ0v) is 17.9. The Balaban J connectivity index is 1.85. The van der Waals surface area contributed by atoms with Gasteiger partial charge in [-0.05, 0) is 43.4 Å². The maximum atomic E-state index is 13.5. The second-order valence-electron chi connectivity index (χ2n) is 9.30. The van der Waals surface area contributed by atoms with E-state index in [-0.39, 0.29) is 16.7 Å². The number of rotatable bonds is 5. The fourth-order valence-corrected chi connectivity index (χ4v) is 5.23. The number of nitrogens with zero attached hydrogens (tertiary/aromatic N) is 2. The number of aromatic nitrogens is 1. The topological polar surface area (TPSA) is 82.5 Å². The highest BCUT2D eigenvalue weighted by atomic mass is 32.1. The Hall–Kier alpha value is -1.63. The number of amides is 1. The van der Waals surface area contributed by atoms with Gasteiger partial charge in [-0.25, -0.2) is 9.78 Å². The van der Waals surface area contributed by atoms with E-state index < -0.39 is 18.1 Å². The van der Waals surface area contributed by atoms with Gasteiger partial charge < -0.3 is 15.3 Å². The number of thiazole rings is 1. The van der Waals surface area contributed by atoms with Crippen molar-refractivity contribution in [2.75, 3.05) is 11.9 Å². The zero-order valence-electron chi connectivity index (χ0n) is 17.1. The minimum absolute atomic E-state index is 0.0181. The number of carbonyl (C=O) groups excluding carboxylic acids is 1.